The third-order valence-corrected chi connectivity index (χ3v) is 2.77. The molecule has 0 radical (unpaired) electrons. The van der Waals surface area contributed by atoms with Gasteiger partial charge in [-0.25, -0.2) is 0 Å². The predicted molar refractivity (Wildman–Crippen MR) is 80.9 cm³/mol. The summed E-state index contributed by atoms with van der Waals surface area (Å²) in [6.45, 7) is 1.83. The van der Waals surface area contributed by atoms with Crippen molar-refractivity contribution in [3.05, 3.63) is 30.3 Å². The fourth-order valence-electron chi connectivity index (χ4n) is 1.73. The number of hydrogen-bond acceptors (Lipinski definition) is 4. The second-order valence-corrected chi connectivity index (χ2v) is 4.23. The lowest BCUT2D eigenvalue weighted by molar-refractivity contribution is -0.140. The molecule has 0 fully saturated rings. The van der Waals surface area contributed by atoms with Crippen LogP contribution in [0.5, 0.6) is 0 Å². The first-order valence-electron chi connectivity index (χ1n) is 6.29. The Labute approximate surface area is 125 Å². The van der Waals surface area contributed by atoms with E-state index in [1.807, 2.05) is 13.0 Å². The average Bonchev–Trinajstić information content (AvgIpc) is 2.44. The molecule has 0 saturated carbocycles. The van der Waals surface area contributed by atoms with E-state index in [0.717, 1.165) is 6.42 Å². The van der Waals surface area contributed by atoms with Crippen molar-refractivity contribution in [3.8, 4) is 0 Å². The van der Waals surface area contributed by atoms with Gasteiger partial charge in [0.05, 0.1) is 13.2 Å². The lowest BCUT2D eigenvalue weighted by Gasteiger charge is -2.24. The molecule has 0 aromatic heterocycles. The first-order chi connectivity index (χ1) is 9.10. The van der Waals surface area contributed by atoms with Crippen molar-refractivity contribution in [2.45, 2.75) is 25.8 Å². The van der Waals surface area contributed by atoms with Crippen molar-refractivity contribution >= 4 is 30.0 Å². The van der Waals surface area contributed by atoms with Gasteiger partial charge in [-0.05, 0) is 18.6 Å². The standard InChI is InChI=1S/C14H20N2O3.ClH/c1-3-7-12(15)14(18)16(10-13(17)19-2)11-8-5-4-6-9-11;/h4-6,8-9,12H,3,7,10,15H2,1-2H3;1H/t12-;/m0./s1. The number of ether oxygens (including phenoxy) is 1. The van der Waals surface area contributed by atoms with Crippen molar-refractivity contribution < 1.29 is 14.3 Å². The molecular formula is C14H21ClN2O3. The number of amides is 1. The fraction of sp³-hybridized carbons (Fsp3) is 0.429. The molecule has 20 heavy (non-hydrogen) atoms. The number of hydrogen-bond donors (Lipinski definition) is 1. The molecular weight excluding hydrogens is 280 g/mol. The number of rotatable bonds is 6. The van der Waals surface area contributed by atoms with Gasteiger partial charge < -0.3 is 10.5 Å². The third kappa shape index (κ3) is 5.19. The van der Waals surface area contributed by atoms with E-state index in [4.69, 9.17) is 5.73 Å². The van der Waals surface area contributed by atoms with E-state index in [2.05, 4.69) is 4.74 Å². The number of nitrogens with two attached hydrogens (primary N) is 1. The Hall–Kier alpha value is -1.59. The molecule has 2 N–H and O–H groups in total. The molecule has 112 valence electrons. The Morgan fingerprint density at radius 2 is 1.90 bits per heavy atom. The van der Waals surface area contributed by atoms with Gasteiger partial charge >= 0.3 is 5.97 Å². The smallest absolute Gasteiger partial charge is 0.325 e. The number of carbonyl (C=O) groups is 2. The molecule has 0 saturated heterocycles. The van der Waals surface area contributed by atoms with E-state index in [0.29, 0.717) is 12.1 Å². The van der Waals surface area contributed by atoms with E-state index in [-0.39, 0.29) is 24.9 Å². The Balaban J connectivity index is 0.00000361. The van der Waals surface area contributed by atoms with Crippen LogP contribution in [-0.4, -0.2) is 31.6 Å². The lowest BCUT2D eigenvalue weighted by Crippen LogP contribution is -2.46. The first kappa shape index (κ1) is 18.4. The topological polar surface area (TPSA) is 72.6 Å². The second kappa shape index (κ2) is 9.34. The minimum absolute atomic E-state index is 0. The van der Waals surface area contributed by atoms with Gasteiger partial charge in [-0.3, -0.25) is 14.5 Å². The normalized spacial score (nSPS) is 11.2. The maximum absolute atomic E-state index is 12.3. The van der Waals surface area contributed by atoms with Crippen molar-refractivity contribution in [3.63, 3.8) is 0 Å². The molecule has 0 unspecified atom stereocenters. The highest BCUT2D eigenvalue weighted by atomic mass is 35.5. The molecule has 6 heteroatoms. The zero-order valence-electron chi connectivity index (χ0n) is 11.7. The fourth-order valence-corrected chi connectivity index (χ4v) is 1.73. The molecule has 5 nitrogen and oxygen atoms in total. The van der Waals surface area contributed by atoms with Crippen LogP contribution in [0.4, 0.5) is 5.69 Å². The summed E-state index contributed by atoms with van der Waals surface area (Å²) in [6.07, 6.45) is 1.40. The van der Waals surface area contributed by atoms with Crippen molar-refractivity contribution in [1.29, 1.82) is 0 Å². The van der Waals surface area contributed by atoms with E-state index in [1.54, 1.807) is 24.3 Å². The number of para-hydroxylation sites is 1. The van der Waals surface area contributed by atoms with Crippen LogP contribution in [0.25, 0.3) is 0 Å². The average molecular weight is 301 g/mol. The minimum atomic E-state index is -0.602. The highest BCUT2D eigenvalue weighted by molar-refractivity contribution is 6.00. The number of benzene rings is 1. The molecule has 1 amide bonds. The summed E-state index contributed by atoms with van der Waals surface area (Å²) in [6, 6.07) is 8.38. The minimum Gasteiger partial charge on any atom is -0.468 e. The Morgan fingerprint density at radius 3 is 2.40 bits per heavy atom. The SMILES string of the molecule is CCC[C@H](N)C(=O)N(CC(=O)OC)c1ccccc1.Cl. The lowest BCUT2D eigenvalue weighted by atomic mass is 10.1. The van der Waals surface area contributed by atoms with E-state index >= 15 is 0 Å². The molecule has 1 aromatic rings. The Kier molecular flexibility index (Phi) is 8.59. The Bertz CT molecular complexity index is 426. The number of esters is 1. The van der Waals surface area contributed by atoms with Crippen LogP contribution in [-0.2, 0) is 14.3 Å². The van der Waals surface area contributed by atoms with Crippen LogP contribution in [0.15, 0.2) is 30.3 Å². The van der Waals surface area contributed by atoms with Crippen LogP contribution in [0, 0.1) is 0 Å². The summed E-state index contributed by atoms with van der Waals surface area (Å²) in [5, 5.41) is 0. The van der Waals surface area contributed by atoms with Gasteiger partial charge in [-0.2, -0.15) is 0 Å². The monoisotopic (exact) mass is 300 g/mol. The summed E-state index contributed by atoms with van der Waals surface area (Å²) < 4.78 is 4.62. The number of halogens is 1. The van der Waals surface area contributed by atoms with Crippen molar-refractivity contribution in [2.24, 2.45) is 5.73 Å². The van der Waals surface area contributed by atoms with E-state index in [9.17, 15) is 9.59 Å². The zero-order valence-corrected chi connectivity index (χ0v) is 12.6. The van der Waals surface area contributed by atoms with Gasteiger partial charge in [-0.1, -0.05) is 31.5 Å². The maximum Gasteiger partial charge on any atom is 0.325 e. The number of nitrogens with zero attached hydrogens (tertiary/aromatic N) is 1. The molecule has 0 heterocycles. The second-order valence-electron chi connectivity index (χ2n) is 4.23. The molecule has 0 aliphatic rings. The largest absolute Gasteiger partial charge is 0.468 e. The molecule has 1 rings (SSSR count). The molecule has 0 aliphatic heterocycles. The predicted octanol–water partition coefficient (Wildman–Crippen LogP) is 1.74. The molecule has 0 aliphatic carbocycles. The molecule has 0 spiro atoms. The molecule has 1 atom stereocenters. The van der Waals surface area contributed by atoms with Crippen LogP contribution in [0.3, 0.4) is 0 Å². The maximum atomic E-state index is 12.3. The highest BCUT2D eigenvalue weighted by Crippen LogP contribution is 2.15. The number of anilines is 1. The summed E-state index contributed by atoms with van der Waals surface area (Å²) in [5.74, 6) is -0.737. The summed E-state index contributed by atoms with van der Waals surface area (Å²) in [7, 11) is 1.29. The van der Waals surface area contributed by atoms with Gasteiger partial charge in [0.25, 0.3) is 0 Å². The van der Waals surface area contributed by atoms with Crippen molar-refractivity contribution in [2.75, 3.05) is 18.6 Å². The van der Waals surface area contributed by atoms with Crippen LogP contribution in [0.2, 0.25) is 0 Å². The van der Waals surface area contributed by atoms with Gasteiger partial charge in [0.1, 0.15) is 6.54 Å². The summed E-state index contributed by atoms with van der Waals surface area (Å²) >= 11 is 0. The first-order valence-corrected chi connectivity index (χ1v) is 6.29. The molecule has 0 bridgehead atoms. The van der Waals surface area contributed by atoms with Gasteiger partial charge in [0.15, 0.2) is 0 Å². The van der Waals surface area contributed by atoms with Gasteiger partial charge in [0, 0.05) is 5.69 Å². The highest BCUT2D eigenvalue weighted by Gasteiger charge is 2.24. The van der Waals surface area contributed by atoms with Crippen LogP contribution >= 0.6 is 12.4 Å². The molecule has 1 aromatic carbocycles. The van der Waals surface area contributed by atoms with Gasteiger partial charge in [-0.15, -0.1) is 12.4 Å². The van der Waals surface area contributed by atoms with E-state index in [1.165, 1.54) is 12.0 Å². The summed E-state index contributed by atoms with van der Waals surface area (Å²) in [4.78, 5) is 25.1. The number of methoxy groups -OCH3 is 1. The number of carbonyl (C=O) groups excluding carboxylic acids is 2. The van der Waals surface area contributed by atoms with Crippen LogP contribution < -0.4 is 10.6 Å². The van der Waals surface area contributed by atoms with Crippen LogP contribution in [0.1, 0.15) is 19.8 Å². The van der Waals surface area contributed by atoms with E-state index < -0.39 is 12.0 Å². The third-order valence-electron chi connectivity index (χ3n) is 2.77. The summed E-state index contributed by atoms with van der Waals surface area (Å²) in [5.41, 5.74) is 6.48. The van der Waals surface area contributed by atoms with Gasteiger partial charge in [0.2, 0.25) is 5.91 Å². The zero-order chi connectivity index (χ0) is 14.3. The quantitative estimate of drug-likeness (QED) is 0.812. The van der Waals surface area contributed by atoms with Crippen molar-refractivity contribution in [1.82, 2.24) is 0 Å². The Morgan fingerprint density at radius 1 is 1.30 bits per heavy atom.